The Bertz CT molecular complexity index is 1010. The van der Waals surface area contributed by atoms with Crippen LogP contribution in [0.2, 0.25) is 0 Å². The van der Waals surface area contributed by atoms with Crippen LogP contribution in [0.5, 0.6) is 0 Å². The Morgan fingerprint density at radius 1 is 1.00 bits per heavy atom. The van der Waals surface area contributed by atoms with Crippen LogP contribution in [-0.2, 0) is 26.3 Å². The molecule has 0 fully saturated rings. The summed E-state index contributed by atoms with van der Waals surface area (Å²) in [4.78, 5) is 11.3. The molecule has 3 rings (SSSR count). The predicted molar refractivity (Wildman–Crippen MR) is 91.3 cm³/mol. The number of fused-ring (bicyclic) bond motifs is 2. The largest absolute Gasteiger partial charge is 0.458 e. The standard InChI is InChI=1S/C18H14O5S/c1-2-17(19)23-11-16-12-7-3-5-9-14(12)18(24(20,21)22)15-10-6-4-8-13(15)16/h2-10H,1,11H2,(H,20,21,22). The minimum Gasteiger partial charge on any atom is -0.458 e. The summed E-state index contributed by atoms with van der Waals surface area (Å²) in [7, 11) is -4.43. The molecule has 5 nitrogen and oxygen atoms in total. The lowest BCUT2D eigenvalue weighted by atomic mass is 9.97. The fourth-order valence-electron chi connectivity index (χ4n) is 2.81. The molecule has 0 spiro atoms. The molecule has 0 aliphatic heterocycles. The van der Waals surface area contributed by atoms with E-state index in [0.29, 0.717) is 27.1 Å². The molecule has 0 amide bonds. The van der Waals surface area contributed by atoms with Gasteiger partial charge in [-0.2, -0.15) is 8.42 Å². The van der Waals surface area contributed by atoms with E-state index < -0.39 is 16.1 Å². The second-order valence-electron chi connectivity index (χ2n) is 5.19. The lowest BCUT2D eigenvalue weighted by molar-refractivity contribution is -0.138. The monoisotopic (exact) mass is 342 g/mol. The molecule has 0 saturated carbocycles. The smallest absolute Gasteiger partial charge is 0.330 e. The number of carbonyl (C=O) groups is 1. The first-order chi connectivity index (χ1) is 11.4. The molecule has 0 unspecified atom stereocenters. The van der Waals surface area contributed by atoms with Crippen molar-refractivity contribution < 1.29 is 22.5 Å². The van der Waals surface area contributed by atoms with Crippen molar-refractivity contribution >= 4 is 37.6 Å². The minimum absolute atomic E-state index is 0.0301. The van der Waals surface area contributed by atoms with Gasteiger partial charge in [0.1, 0.15) is 11.5 Å². The van der Waals surface area contributed by atoms with Crippen molar-refractivity contribution in [2.24, 2.45) is 0 Å². The number of hydrogen-bond acceptors (Lipinski definition) is 4. The fraction of sp³-hybridized carbons (Fsp3) is 0.0556. The maximum atomic E-state index is 11.9. The molecule has 6 heteroatoms. The molecule has 1 N–H and O–H groups in total. The Kier molecular flexibility index (Phi) is 4.09. The molecule has 3 aromatic rings. The molecule has 0 aliphatic carbocycles. The second-order valence-corrected chi connectivity index (χ2v) is 6.54. The van der Waals surface area contributed by atoms with E-state index in [0.717, 1.165) is 6.08 Å². The van der Waals surface area contributed by atoms with Gasteiger partial charge in [-0.25, -0.2) is 4.79 Å². The van der Waals surface area contributed by atoms with Crippen molar-refractivity contribution in [1.82, 2.24) is 0 Å². The number of hydrogen-bond donors (Lipinski definition) is 1. The van der Waals surface area contributed by atoms with Gasteiger partial charge in [0, 0.05) is 22.4 Å². The van der Waals surface area contributed by atoms with Crippen LogP contribution in [0, 0.1) is 0 Å². The van der Waals surface area contributed by atoms with E-state index in [1.165, 1.54) is 0 Å². The topological polar surface area (TPSA) is 80.7 Å². The van der Waals surface area contributed by atoms with E-state index in [-0.39, 0.29) is 11.5 Å². The van der Waals surface area contributed by atoms with Crippen molar-refractivity contribution in [2.75, 3.05) is 0 Å². The van der Waals surface area contributed by atoms with Gasteiger partial charge in [0.2, 0.25) is 0 Å². The van der Waals surface area contributed by atoms with Gasteiger partial charge >= 0.3 is 5.97 Å². The third-order valence-corrected chi connectivity index (χ3v) is 4.73. The Balaban J connectivity index is 2.43. The van der Waals surface area contributed by atoms with Crippen molar-refractivity contribution in [3.05, 3.63) is 66.7 Å². The van der Waals surface area contributed by atoms with E-state index in [2.05, 4.69) is 6.58 Å². The molecule has 0 atom stereocenters. The van der Waals surface area contributed by atoms with Crippen LogP contribution in [0.4, 0.5) is 0 Å². The summed E-state index contributed by atoms with van der Waals surface area (Å²) < 4.78 is 38.7. The SMILES string of the molecule is C=CC(=O)OCc1c2ccccc2c(S(=O)(=O)O)c2ccccc12. The van der Waals surface area contributed by atoms with E-state index in [4.69, 9.17) is 4.74 Å². The van der Waals surface area contributed by atoms with Crippen LogP contribution >= 0.6 is 0 Å². The molecule has 0 saturated heterocycles. The van der Waals surface area contributed by atoms with Crippen molar-refractivity contribution in [3.63, 3.8) is 0 Å². The number of ether oxygens (including phenoxy) is 1. The van der Waals surface area contributed by atoms with Gasteiger partial charge in [-0.3, -0.25) is 4.55 Å². The van der Waals surface area contributed by atoms with Crippen LogP contribution in [-0.4, -0.2) is 18.9 Å². The molecule has 0 heterocycles. The van der Waals surface area contributed by atoms with E-state index in [1.54, 1.807) is 48.5 Å². The summed E-state index contributed by atoms with van der Waals surface area (Å²) in [5.74, 6) is -0.568. The lowest BCUT2D eigenvalue weighted by Crippen LogP contribution is -2.05. The number of esters is 1. The molecule has 0 radical (unpaired) electrons. The van der Waals surface area contributed by atoms with Crippen LogP contribution in [0.1, 0.15) is 5.56 Å². The number of benzene rings is 3. The third kappa shape index (κ3) is 2.77. The number of carbonyl (C=O) groups excluding carboxylic acids is 1. The second kappa shape index (κ2) is 6.07. The quantitative estimate of drug-likeness (QED) is 0.340. The van der Waals surface area contributed by atoms with Gasteiger partial charge in [0.15, 0.2) is 0 Å². The van der Waals surface area contributed by atoms with Crippen LogP contribution in [0.15, 0.2) is 66.1 Å². The van der Waals surface area contributed by atoms with Crippen LogP contribution in [0.25, 0.3) is 21.5 Å². The fourth-order valence-corrected chi connectivity index (χ4v) is 3.73. The van der Waals surface area contributed by atoms with Crippen LogP contribution < -0.4 is 0 Å². The molecule has 0 aliphatic rings. The molecular weight excluding hydrogens is 328 g/mol. The first kappa shape index (κ1) is 16.2. The molecule has 0 aromatic heterocycles. The van der Waals surface area contributed by atoms with Crippen molar-refractivity contribution in [3.8, 4) is 0 Å². The normalized spacial score (nSPS) is 11.5. The summed E-state index contributed by atoms with van der Waals surface area (Å²) >= 11 is 0. The summed E-state index contributed by atoms with van der Waals surface area (Å²) in [6.45, 7) is 3.33. The Morgan fingerprint density at radius 3 is 1.88 bits per heavy atom. The Labute approximate surface area is 138 Å². The Hall–Kier alpha value is -2.70. The lowest BCUT2D eigenvalue weighted by Gasteiger charge is -2.15. The average Bonchev–Trinajstić information content (AvgIpc) is 2.57. The van der Waals surface area contributed by atoms with Crippen molar-refractivity contribution in [1.29, 1.82) is 0 Å². The Morgan fingerprint density at radius 2 is 1.46 bits per heavy atom. The zero-order chi connectivity index (χ0) is 17.3. The summed E-state index contributed by atoms with van der Waals surface area (Å²) in [6.07, 6.45) is 1.07. The van der Waals surface area contributed by atoms with Gasteiger partial charge in [0.05, 0.1) is 0 Å². The van der Waals surface area contributed by atoms with E-state index in [9.17, 15) is 17.8 Å². The first-order valence-electron chi connectivity index (χ1n) is 7.12. The van der Waals surface area contributed by atoms with E-state index >= 15 is 0 Å². The maximum Gasteiger partial charge on any atom is 0.330 e. The molecule has 0 bridgehead atoms. The highest BCUT2D eigenvalue weighted by Gasteiger charge is 2.21. The van der Waals surface area contributed by atoms with E-state index in [1.807, 2.05) is 0 Å². The van der Waals surface area contributed by atoms with Crippen LogP contribution in [0.3, 0.4) is 0 Å². The number of rotatable bonds is 4. The van der Waals surface area contributed by atoms with Gasteiger partial charge in [-0.15, -0.1) is 0 Å². The first-order valence-corrected chi connectivity index (χ1v) is 8.56. The molecular formula is C18H14O5S. The third-order valence-electron chi connectivity index (χ3n) is 3.78. The van der Waals surface area contributed by atoms with Gasteiger partial charge < -0.3 is 4.74 Å². The highest BCUT2D eigenvalue weighted by atomic mass is 32.2. The van der Waals surface area contributed by atoms with Gasteiger partial charge in [0.25, 0.3) is 10.1 Å². The zero-order valence-corrected chi connectivity index (χ0v) is 13.4. The van der Waals surface area contributed by atoms with Crippen molar-refractivity contribution in [2.45, 2.75) is 11.5 Å². The summed E-state index contributed by atoms with van der Waals surface area (Å²) in [6, 6.07) is 13.6. The van der Waals surface area contributed by atoms with Gasteiger partial charge in [-0.05, 0) is 10.8 Å². The molecule has 122 valence electrons. The molecule has 24 heavy (non-hydrogen) atoms. The summed E-state index contributed by atoms with van der Waals surface area (Å²) in [5, 5.41) is 1.95. The highest BCUT2D eigenvalue weighted by molar-refractivity contribution is 7.86. The average molecular weight is 342 g/mol. The minimum atomic E-state index is -4.43. The molecule has 3 aromatic carbocycles. The zero-order valence-electron chi connectivity index (χ0n) is 12.6. The maximum absolute atomic E-state index is 11.9. The van der Waals surface area contributed by atoms with Gasteiger partial charge in [-0.1, -0.05) is 55.1 Å². The summed E-state index contributed by atoms with van der Waals surface area (Å²) in [5.41, 5.74) is 0.670. The highest BCUT2D eigenvalue weighted by Crippen LogP contribution is 2.35. The predicted octanol–water partition coefficient (Wildman–Crippen LogP) is 3.47.